The zero-order chi connectivity index (χ0) is 18.6. The standard InChI is InChI=1S/C20H23N5O2/c1-13-20(27-12-14-5-6-14)25-19(11-22-13)24-18-9-15-3-2-4-17(21-7-8-26)16(15)10-23-18/h2-4,9-11,14,21,26H,5-8,12H2,1H3,(H,23,24,25). The Morgan fingerprint density at radius 1 is 1.19 bits per heavy atom. The minimum absolute atomic E-state index is 0.0840. The van der Waals surface area contributed by atoms with Crippen LogP contribution in [0.2, 0.25) is 0 Å². The van der Waals surface area contributed by atoms with Gasteiger partial charge in [0.15, 0.2) is 5.82 Å². The van der Waals surface area contributed by atoms with Crippen LogP contribution in [-0.2, 0) is 0 Å². The molecule has 1 saturated carbocycles. The average Bonchev–Trinajstić information content (AvgIpc) is 3.51. The second kappa shape index (κ2) is 7.75. The number of nitrogens with zero attached hydrogens (tertiary/aromatic N) is 3. The topological polar surface area (TPSA) is 92.2 Å². The van der Waals surface area contributed by atoms with Gasteiger partial charge in [-0.15, -0.1) is 0 Å². The first-order valence-electron chi connectivity index (χ1n) is 9.20. The molecule has 3 N–H and O–H groups in total. The Bertz CT molecular complexity index is 943. The van der Waals surface area contributed by atoms with E-state index in [0.29, 0.717) is 36.6 Å². The fourth-order valence-corrected chi connectivity index (χ4v) is 2.83. The molecule has 0 unspecified atom stereocenters. The van der Waals surface area contributed by atoms with Crippen molar-refractivity contribution in [2.45, 2.75) is 19.8 Å². The molecule has 4 rings (SSSR count). The summed E-state index contributed by atoms with van der Waals surface area (Å²) in [5.74, 6) is 2.53. The molecule has 1 aromatic carbocycles. The van der Waals surface area contributed by atoms with Crippen LogP contribution in [-0.4, -0.2) is 39.8 Å². The van der Waals surface area contributed by atoms with Crippen LogP contribution in [0.25, 0.3) is 10.8 Å². The number of hydrogen-bond acceptors (Lipinski definition) is 7. The fourth-order valence-electron chi connectivity index (χ4n) is 2.83. The molecule has 7 heteroatoms. The number of aliphatic hydroxyl groups excluding tert-OH is 1. The number of hydrogen-bond donors (Lipinski definition) is 3. The molecular formula is C20H23N5O2. The highest BCUT2D eigenvalue weighted by atomic mass is 16.5. The number of rotatable bonds is 8. The molecule has 3 aromatic rings. The molecule has 27 heavy (non-hydrogen) atoms. The zero-order valence-corrected chi connectivity index (χ0v) is 15.3. The second-order valence-electron chi connectivity index (χ2n) is 6.77. The quantitative estimate of drug-likeness (QED) is 0.564. The zero-order valence-electron chi connectivity index (χ0n) is 15.3. The maximum Gasteiger partial charge on any atom is 0.237 e. The van der Waals surface area contributed by atoms with Gasteiger partial charge in [0.05, 0.1) is 25.1 Å². The van der Waals surface area contributed by atoms with Crippen molar-refractivity contribution in [3.8, 4) is 5.88 Å². The van der Waals surface area contributed by atoms with Gasteiger partial charge in [-0.2, -0.15) is 4.98 Å². The van der Waals surface area contributed by atoms with Gasteiger partial charge in [0.25, 0.3) is 0 Å². The van der Waals surface area contributed by atoms with Gasteiger partial charge in [0, 0.05) is 23.8 Å². The lowest BCUT2D eigenvalue weighted by atomic mass is 10.1. The molecule has 140 valence electrons. The van der Waals surface area contributed by atoms with Gasteiger partial charge in [-0.1, -0.05) is 12.1 Å². The third-order valence-electron chi connectivity index (χ3n) is 4.51. The Hall–Kier alpha value is -2.93. The molecule has 0 amide bonds. The van der Waals surface area contributed by atoms with Crippen molar-refractivity contribution in [2.75, 3.05) is 30.4 Å². The molecule has 2 heterocycles. The third-order valence-corrected chi connectivity index (χ3v) is 4.51. The summed E-state index contributed by atoms with van der Waals surface area (Å²) in [6, 6.07) is 7.94. The molecule has 1 aliphatic carbocycles. The van der Waals surface area contributed by atoms with Crippen molar-refractivity contribution >= 4 is 28.1 Å². The number of ether oxygens (including phenoxy) is 1. The summed E-state index contributed by atoms with van der Waals surface area (Å²) in [5.41, 5.74) is 1.73. The SMILES string of the molecule is Cc1ncc(Nc2cc3cccc(NCCO)c3cn2)nc1OCC1CC1. The van der Waals surface area contributed by atoms with Crippen LogP contribution >= 0.6 is 0 Å². The Balaban J connectivity index is 1.53. The first kappa shape index (κ1) is 17.5. The van der Waals surface area contributed by atoms with Crippen molar-refractivity contribution in [2.24, 2.45) is 5.92 Å². The minimum Gasteiger partial charge on any atom is -0.476 e. The highest BCUT2D eigenvalue weighted by molar-refractivity contribution is 5.94. The summed E-state index contributed by atoms with van der Waals surface area (Å²) in [7, 11) is 0. The maximum absolute atomic E-state index is 9.01. The van der Waals surface area contributed by atoms with Crippen LogP contribution in [0.15, 0.2) is 36.7 Å². The lowest BCUT2D eigenvalue weighted by Crippen LogP contribution is -2.06. The van der Waals surface area contributed by atoms with Crippen LogP contribution in [0, 0.1) is 12.8 Å². The van der Waals surface area contributed by atoms with Gasteiger partial charge < -0.3 is 20.5 Å². The van der Waals surface area contributed by atoms with Gasteiger partial charge in [-0.25, -0.2) is 4.98 Å². The highest BCUT2D eigenvalue weighted by Crippen LogP contribution is 2.30. The Morgan fingerprint density at radius 2 is 2.07 bits per heavy atom. The van der Waals surface area contributed by atoms with Gasteiger partial charge in [-0.3, -0.25) is 4.98 Å². The van der Waals surface area contributed by atoms with Crippen LogP contribution < -0.4 is 15.4 Å². The first-order chi connectivity index (χ1) is 13.2. The normalized spacial score (nSPS) is 13.6. The van der Waals surface area contributed by atoms with Gasteiger partial charge in [-0.05, 0) is 43.2 Å². The summed E-state index contributed by atoms with van der Waals surface area (Å²) in [6.45, 7) is 3.19. The first-order valence-corrected chi connectivity index (χ1v) is 9.20. The highest BCUT2D eigenvalue weighted by Gasteiger charge is 2.22. The van der Waals surface area contributed by atoms with Crippen LogP contribution in [0.3, 0.4) is 0 Å². The average molecular weight is 365 g/mol. The van der Waals surface area contributed by atoms with E-state index in [4.69, 9.17) is 9.84 Å². The van der Waals surface area contributed by atoms with E-state index in [1.807, 2.05) is 37.4 Å². The van der Waals surface area contributed by atoms with Crippen LogP contribution in [0.1, 0.15) is 18.5 Å². The predicted molar refractivity (Wildman–Crippen MR) is 106 cm³/mol. The number of pyridine rings is 1. The van der Waals surface area contributed by atoms with Gasteiger partial charge in [0.2, 0.25) is 5.88 Å². The molecule has 0 radical (unpaired) electrons. The number of aromatic nitrogens is 3. The fraction of sp³-hybridized carbons (Fsp3) is 0.350. The predicted octanol–water partition coefficient (Wildman–Crippen LogP) is 3.27. The summed E-state index contributed by atoms with van der Waals surface area (Å²) >= 11 is 0. The lowest BCUT2D eigenvalue weighted by molar-refractivity contribution is 0.285. The molecular weight excluding hydrogens is 342 g/mol. The monoisotopic (exact) mass is 365 g/mol. The molecule has 1 aliphatic rings. The van der Waals surface area contributed by atoms with E-state index in [1.54, 1.807) is 6.20 Å². The van der Waals surface area contributed by atoms with Crippen LogP contribution in [0.5, 0.6) is 5.88 Å². The summed E-state index contributed by atoms with van der Waals surface area (Å²) in [6.07, 6.45) is 5.97. The molecule has 0 spiro atoms. The van der Waals surface area contributed by atoms with E-state index in [-0.39, 0.29) is 6.61 Å². The molecule has 0 saturated heterocycles. The number of aryl methyl sites for hydroxylation is 1. The molecule has 1 fully saturated rings. The Morgan fingerprint density at radius 3 is 2.89 bits per heavy atom. The van der Waals surface area contributed by atoms with E-state index in [2.05, 4.69) is 25.6 Å². The number of nitrogens with one attached hydrogen (secondary N) is 2. The number of anilines is 3. The largest absolute Gasteiger partial charge is 0.476 e. The number of aliphatic hydroxyl groups is 1. The molecule has 7 nitrogen and oxygen atoms in total. The number of benzene rings is 1. The number of fused-ring (bicyclic) bond motifs is 1. The van der Waals surface area contributed by atoms with Crippen molar-refractivity contribution < 1.29 is 9.84 Å². The van der Waals surface area contributed by atoms with Crippen LogP contribution in [0.4, 0.5) is 17.3 Å². The molecule has 0 bridgehead atoms. The Labute approximate surface area is 157 Å². The third kappa shape index (κ3) is 4.25. The van der Waals surface area contributed by atoms with Gasteiger partial charge >= 0.3 is 0 Å². The summed E-state index contributed by atoms with van der Waals surface area (Å²) in [5, 5.41) is 17.5. The van der Waals surface area contributed by atoms with Crippen molar-refractivity contribution in [1.29, 1.82) is 0 Å². The Kier molecular flexibility index (Phi) is 5.02. The smallest absolute Gasteiger partial charge is 0.237 e. The minimum atomic E-state index is 0.0840. The molecule has 0 aliphatic heterocycles. The molecule has 2 aromatic heterocycles. The van der Waals surface area contributed by atoms with E-state index in [1.165, 1.54) is 12.8 Å². The summed E-state index contributed by atoms with van der Waals surface area (Å²) in [4.78, 5) is 13.4. The molecule has 0 atom stereocenters. The van der Waals surface area contributed by atoms with E-state index in [0.717, 1.165) is 22.2 Å². The second-order valence-corrected chi connectivity index (χ2v) is 6.77. The summed E-state index contributed by atoms with van der Waals surface area (Å²) < 4.78 is 5.80. The van der Waals surface area contributed by atoms with E-state index >= 15 is 0 Å². The van der Waals surface area contributed by atoms with E-state index in [9.17, 15) is 0 Å². The van der Waals surface area contributed by atoms with Crippen molar-refractivity contribution in [1.82, 2.24) is 15.0 Å². The lowest BCUT2D eigenvalue weighted by Gasteiger charge is -2.11. The van der Waals surface area contributed by atoms with Crippen molar-refractivity contribution in [3.05, 3.63) is 42.4 Å². The van der Waals surface area contributed by atoms with Crippen molar-refractivity contribution in [3.63, 3.8) is 0 Å². The van der Waals surface area contributed by atoms with Gasteiger partial charge in [0.1, 0.15) is 5.82 Å². The maximum atomic E-state index is 9.01. The van der Waals surface area contributed by atoms with E-state index < -0.39 is 0 Å².